The fraction of sp³-hybridized carbons (Fsp3) is 0.333. The van der Waals surface area contributed by atoms with Gasteiger partial charge in [-0.3, -0.25) is 4.79 Å². The molecule has 0 bridgehead atoms. The second-order valence-electron chi connectivity index (χ2n) is 3.83. The Labute approximate surface area is 104 Å². The van der Waals surface area contributed by atoms with Crippen LogP contribution in [0.5, 0.6) is 11.5 Å². The van der Waals surface area contributed by atoms with Crippen LogP contribution < -0.4 is 14.8 Å². The lowest BCUT2D eigenvalue weighted by Crippen LogP contribution is -2.22. The zero-order valence-corrected chi connectivity index (χ0v) is 9.64. The number of amides is 1. The quantitative estimate of drug-likeness (QED) is 0.614. The molecule has 6 nitrogen and oxygen atoms in total. The molecule has 1 amide bonds. The van der Waals surface area contributed by atoms with E-state index in [0.29, 0.717) is 29.9 Å². The molecule has 1 aromatic carbocycles. The first-order chi connectivity index (χ1) is 8.66. The Morgan fingerprint density at radius 1 is 1.28 bits per heavy atom. The summed E-state index contributed by atoms with van der Waals surface area (Å²) in [6.07, 6.45) is -0.315. The molecule has 0 fully saturated rings. The van der Waals surface area contributed by atoms with Gasteiger partial charge in [0.25, 0.3) is 0 Å². The van der Waals surface area contributed by atoms with E-state index in [2.05, 4.69) is 5.32 Å². The fourth-order valence-electron chi connectivity index (χ4n) is 1.66. The smallest absolute Gasteiger partial charge is 0.404 e. The molecule has 0 saturated carbocycles. The number of ketones is 1. The maximum absolute atomic E-state index is 11.8. The number of Topliss-reactive ketones (excluding diaryl/α,β-unsaturated/α-hetero) is 1. The van der Waals surface area contributed by atoms with E-state index in [9.17, 15) is 9.59 Å². The summed E-state index contributed by atoms with van der Waals surface area (Å²) in [5.74, 6) is 1.17. The number of hydrogen-bond donors (Lipinski definition) is 2. The lowest BCUT2D eigenvalue weighted by molar-refractivity contribution is 0.0979. The van der Waals surface area contributed by atoms with Crippen molar-refractivity contribution in [2.24, 2.45) is 0 Å². The van der Waals surface area contributed by atoms with E-state index in [1.807, 2.05) is 0 Å². The van der Waals surface area contributed by atoms with Crippen molar-refractivity contribution in [1.82, 2.24) is 5.32 Å². The number of benzene rings is 1. The molecule has 2 rings (SSSR count). The Kier molecular flexibility index (Phi) is 3.66. The van der Waals surface area contributed by atoms with E-state index in [-0.39, 0.29) is 19.1 Å². The molecule has 1 aliphatic rings. The zero-order chi connectivity index (χ0) is 13.0. The number of carbonyl (C=O) groups excluding carboxylic acids is 1. The van der Waals surface area contributed by atoms with Crippen LogP contribution in [-0.4, -0.2) is 30.3 Å². The van der Waals surface area contributed by atoms with Gasteiger partial charge in [0.2, 0.25) is 6.79 Å². The van der Waals surface area contributed by atoms with Gasteiger partial charge in [-0.1, -0.05) is 0 Å². The normalized spacial score (nSPS) is 12.2. The number of ether oxygens (including phenoxy) is 2. The molecule has 0 unspecified atom stereocenters. The van der Waals surface area contributed by atoms with Crippen molar-refractivity contribution in [2.45, 2.75) is 12.8 Å². The van der Waals surface area contributed by atoms with Crippen LogP contribution in [0, 0.1) is 0 Å². The van der Waals surface area contributed by atoms with Gasteiger partial charge >= 0.3 is 6.09 Å². The first-order valence-electron chi connectivity index (χ1n) is 5.56. The third kappa shape index (κ3) is 2.91. The number of rotatable bonds is 5. The largest absolute Gasteiger partial charge is 0.465 e. The van der Waals surface area contributed by atoms with Crippen LogP contribution in [0.1, 0.15) is 23.2 Å². The summed E-state index contributed by atoms with van der Waals surface area (Å²) >= 11 is 0. The highest BCUT2D eigenvalue weighted by Gasteiger charge is 2.15. The van der Waals surface area contributed by atoms with Crippen molar-refractivity contribution in [3.05, 3.63) is 23.8 Å². The minimum absolute atomic E-state index is 0.0412. The highest BCUT2D eigenvalue weighted by molar-refractivity contribution is 5.96. The standard InChI is InChI=1S/C12H13NO5/c14-9(2-1-5-13-12(15)16)8-3-4-10-11(6-8)18-7-17-10/h3-4,6,13H,1-2,5,7H2,(H,15,16). The monoisotopic (exact) mass is 251 g/mol. The van der Waals surface area contributed by atoms with E-state index < -0.39 is 6.09 Å². The Balaban J connectivity index is 1.87. The number of carboxylic acid groups (broad SMARTS) is 1. The minimum atomic E-state index is -1.08. The zero-order valence-electron chi connectivity index (χ0n) is 9.64. The molecule has 1 heterocycles. The highest BCUT2D eigenvalue weighted by Crippen LogP contribution is 2.32. The summed E-state index contributed by atoms with van der Waals surface area (Å²) in [6, 6.07) is 5.03. The molecule has 0 atom stereocenters. The Morgan fingerprint density at radius 2 is 2.06 bits per heavy atom. The molecule has 1 aliphatic heterocycles. The van der Waals surface area contributed by atoms with Crippen molar-refractivity contribution >= 4 is 11.9 Å². The second-order valence-corrected chi connectivity index (χ2v) is 3.83. The van der Waals surface area contributed by atoms with Gasteiger partial charge in [-0.15, -0.1) is 0 Å². The summed E-state index contributed by atoms with van der Waals surface area (Å²) in [5.41, 5.74) is 0.551. The lowest BCUT2D eigenvalue weighted by atomic mass is 10.1. The molecular weight excluding hydrogens is 238 g/mol. The third-order valence-corrected chi connectivity index (χ3v) is 2.55. The predicted octanol–water partition coefficient (Wildman–Crippen LogP) is 1.65. The average Bonchev–Trinajstić information content (AvgIpc) is 2.81. The second kappa shape index (κ2) is 5.39. The summed E-state index contributed by atoms with van der Waals surface area (Å²) in [5, 5.41) is 10.6. The van der Waals surface area contributed by atoms with Crippen molar-refractivity contribution in [1.29, 1.82) is 0 Å². The van der Waals surface area contributed by atoms with Crippen molar-refractivity contribution in [3.8, 4) is 11.5 Å². The molecular formula is C12H13NO5. The van der Waals surface area contributed by atoms with E-state index in [4.69, 9.17) is 14.6 Å². The van der Waals surface area contributed by atoms with Crippen molar-refractivity contribution in [3.63, 3.8) is 0 Å². The molecule has 96 valence electrons. The van der Waals surface area contributed by atoms with E-state index in [0.717, 1.165) is 0 Å². The summed E-state index contributed by atoms with van der Waals surface area (Å²) in [6.45, 7) is 0.446. The van der Waals surface area contributed by atoms with Crippen LogP contribution >= 0.6 is 0 Å². The predicted molar refractivity (Wildman–Crippen MR) is 62.2 cm³/mol. The number of hydrogen-bond acceptors (Lipinski definition) is 4. The SMILES string of the molecule is O=C(O)NCCCC(=O)c1ccc2c(c1)OCO2. The summed E-state index contributed by atoms with van der Waals surface area (Å²) in [4.78, 5) is 22.0. The van der Waals surface area contributed by atoms with Gasteiger partial charge in [-0.2, -0.15) is 0 Å². The molecule has 1 aromatic rings. The van der Waals surface area contributed by atoms with E-state index >= 15 is 0 Å². The van der Waals surface area contributed by atoms with E-state index in [1.165, 1.54) is 0 Å². The van der Waals surface area contributed by atoms with Crippen molar-refractivity contribution in [2.75, 3.05) is 13.3 Å². The van der Waals surface area contributed by atoms with Crippen LogP contribution in [0.15, 0.2) is 18.2 Å². The molecule has 2 N–H and O–H groups in total. The Morgan fingerprint density at radius 3 is 2.83 bits per heavy atom. The van der Waals surface area contributed by atoms with Crippen LogP contribution in [-0.2, 0) is 0 Å². The molecule has 0 spiro atoms. The highest BCUT2D eigenvalue weighted by atomic mass is 16.7. The first kappa shape index (κ1) is 12.2. The van der Waals surface area contributed by atoms with Crippen LogP contribution in [0.2, 0.25) is 0 Å². The van der Waals surface area contributed by atoms with Gasteiger partial charge in [0.05, 0.1) is 0 Å². The first-order valence-corrected chi connectivity index (χ1v) is 5.56. The minimum Gasteiger partial charge on any atom is -0.465 e. The number of fused-ring (bicyclic) bond motifs is 1. The molecule has 18 heavy (non-hydrogen) atoms. The van der Waals surface area contributed by atoms with Gasteiger partial charge in [0, 0.05) is 18.5 Å². The molecule has 0 radical (unpaired) electrons. The van der Waals surface area contributed by atoms with Gasteiger partial charge in [0.15, 0.2) is 17.3 Å². The van der Waals surface area contributed by atoms with E-state index in [1.54, 1.807) is 18.2 Å². The van der Waals surface area contributed by atoms with Gasteiger partial charge in [0.1, 0.15) is 0 Å². The average molecular weight is 251 g/mol. The molecule has 0 aromatic heterocycles. The fourth-order valence-corrected chi connectivity index (χ4v) is 1.66. The van der Waals surface area contributed by atoms with Gasteiger partial charge in [-0.25, -0.2) is 4.79 Å². The van der Waals surface area contributed by atoms with Gasteiger partial charge in [-0.05, 0) is 24.6 Å². The maximum atomic E-state index is 11.8. The Hall–Kier alpha value is -2.24. The molecule has 6 heteroatoms. The summed E-state index contributed by atoms with van der Waals surface area (Å²) in [7, 11) is 0. The Bertz CT molecular complexity index is 472. The molecule has 0 aliphatic carbocycles. The number of carbonyl (C=O) groups is 2. The van der Waals surface area contributed by atoms with Crippen LogP contribution in [0.25, 0.3) is 0 Å². The maximum Gasteiger partial charge on any atom is 0.404 e. The third-order valence-electron chi connectivity index (χ3n) is 2.55. The van der Waals surface area contributed by atoms with Gasteiger partial charge < -0.3 is 19.9 Å². The van der Waals surface area contributed by atoms with Crippen LogP contribution in [0.3, 0.4) is 0 Å². The van der Waals surface area contributed by atoms with Crippen LogP contribution in [0.4, 0.5) is 4.79 Å². The lowest BCUT2D eigenvalue weighted by Gasteiger charge is -2.03. The summed E-state index contributed by atoms with van der Waals surface area (Å²) < 4.78 is 10.3. The molecule has 0 saturated heterocycles. The topological polar surface area (TPSA) is 84.9 Å². The van der Waals surface area contributed by atoms with Crippen molar-refractivity contribution < 1.29 is 24.2 Å². The number of nitrogens with one attached hydrogen (secondary N) is 1.